The lowest BCUT2D eigenvalue weighted by atomic mass is 10.1. The summed E-state index contributed by atoms with van der Waals surface area (Å²) < 4.78 is 25.6. The van der Waals surface area contributed by atoms with Gasteiger partial charge in [-0.15, -0.1) is 11.3 Å². The highest BCUT2D eigenvalue weighted by molar-refractivity contribution is 7.91. The van der Waals surface area contributed by atoms with Crippen molar-refractivity contribution in [3.63, 3.8) is 0 Å². The van der Waals surface area contributed by atoms with E-state index in [1.165, 1.54) is 0 Å². The van der Waals surface area contributed by atoms with E-state index in [2.05, 4.69) is 4.72 Å². The second-order valence-corrected chi connectivity index (χ2v) is 7.82. The molecule has 0 aromatic carbocycles. The molecular formula is C9H12ClN3O5S2. The highest BCUT2D eigenvalue weighted by atomic mass is 35.5. The molecule has 8 nitrogen and oxygen atoms in total. The first-order valence-corrected chi connectivity index (χ1v) is 7.99. The smallest absolute Gasteiger partial charge is 0.300 e. The summed E-state index contributed by atoms with van der Waals surface area (Å²) in [4.78, 5) is 21.0. The summed E-state index contributed by atoms with van der Waals surface area (Å²) in [7, 11) is -4.11. The second kappa shape index (κ2) is 6.04. The van der Waals surface area contributed by atoms with E-state index < -0.39 is 32.6 Å². The van der Waals surface area contributed by atoms with Gasteiger partial charge in [-0.3, -0.25) is 14.9 Å². The van der Waals surface area contributed by atoms with Crippen molar-refractivity contribution >= 4 is 44.6 Å². The quantitative estimate of drug-likeness (QED) is 0.590. The number of halogens is 1. The minimum atomic E-state index is -4.11. The molecule has 1 unspecified atom stereocenters. The molecule has 1 heterocycles. The van der Waals surface area contributed by atoms with E-state index in [4.69, 9.17) is 17.3 Å². The molecule has 20 heavy (non-hydrogen) atoms. The van der Waals surface area contributed by atoms with Gasteiger partial charge < -0.3 is 5.73 Å². The van der Waals surface area contributed by atoms with Crippen molar-refractivity contribution in [3.05, 3.63) is 20.5 Å². The van der Waals surface area contributed by atoms with Crippen molar-refractivity contribution in [3.8, 4) is 0 Å². The Bertz CT molecular complexity index is 640. The van der Waals surface area contributed by atoms with Crippen molar-refractivity contribution in [2.45, 2.75) is 24.1 Å². The first-order chi connectivity index (χ1) is 9.06. The molecule has 0 aliphatic heterocycles. The van der Waals surface area contributed by atoms with Gasteiger partial charge in [-0.25, -0.2) is 8.42 Å². The van der Waals surface area contributed by atoms with Gasteiger partial charge in [-0.05, 0) is 5.92 Å². The van der Waals surface area contributed by atoms with Crippen LogP contribution in [0.5, 0.6) is 0 Å². The minimum Gasteiger partial charge on any atom is -0.368 e. The van der Waals surface area contributed by atoms with Gasteiger partial charge >= 0.3 is 0 Å². The van der Waals surface area contributed by atoms with Crippen molar-refractivity contribution in [2.24, 2.45) is 11.7 Å². The Morgan fingerprint density at radius 1 is 1.55 bits per heavy atom. The number of hydrogen-bond acceptors (Lipinski definition) is 6. The summed E-state index contributed by atoms with van der Waals surface area (Å²) in [6.45, 7) is 3.23. The van der Waals surface area contributed by atoms with Gasteiger partial charge in [-0.1, -0.05) is 25.4 Å². The predicted octanol–water partition coefficient (Wildman–Crippen LogP) is 1.10. The Morgan fingerprint density at radius 2 is 2.10 bits per heavy atom. The van der Waals surface area contributed by atoms with E-state index in [0.717, 1.165) is 6.07 Å². The van der Waals surface area contributed by atoms with Gasteiger partial charge in [0.05, 0.1) is 4.92 Å². The molecule has 1 atom stereocenters. The number of nitrogens with zero attached hydrogens (tertiary/aromatic N) is 1. The van der Waals surface area contributed by atoms with Crippen LogP contribution in [0.15, 0.2) is 10.3 Å². The highest BCUT2D eigenvalue weighted by Crippen LogP contribution is 2.36. The largest absolute Gasteiger partial charge is 0.368 e. The molecule has 0 bridgehead atoms. The van der Waals surface area contributed by atoms with Crippen molar-refractivity contribution < 1.29 is 18.1 Å². The fourth-order valence-electron chi connectivity index (χ4n) is 1.34. The van der Waals surface area contributed by atoms with Gasteiger partial charge in [0.25, 0.3) is 15.7 Å². The minimum absolute atomic E-state index is 0.254. The third-order valence-electron chi connectivity index (χ3n) is 2.36. The Morgan fingerprint density at radius 3 is 2.45 bits per heavy atom. The van der Waals surface area contributed by atoms with Crippen LogP contribution in [0.1, 0.15) is 13.8 Å². The molecular weight excluding hydrogens is 330 g/mol. The molecule has 1 amide bonds. The number of carbonyl (C=O) groups is 1. The number of rotatable bonds is 6. The average Bonchev–Trinajstić information content (AvgIpc) is 2.68. The maximum absolute atomic E-state index is 12.0. The van der Waals surface area contributed by atoms with Gasteiger partial charge in [-0.2, -0.15) is 4.72 Å². The fourth-order valence-corrected chi connectivity index (χ4v) is 4.38. The van der Waals surface area contributed by atoms with E-state index >= 15 is 0 Å². The third kappa shape index (κ3) is 3.66. The number of nitro groups is 1. The van der Waals surface area contributed by atoms with Crippen LogP contribution in [0.2, 0.25) is 4.34 Å². The van der Waals surface area contributed by atoms with Crippen molar-refractivity contribution in [1.82, 2.24) is 4.72 Å². The molecule has 0 spiro atoms. The molecule has 3 N–H and O–H groups in total. The van der Waals surface area contributed by atoms with Crippen molar-refractivity contribution in [2.75, 3.05) is 0 Å². The monoisotopic (exact) mass is 341 g/mol. The van der Waals surface area contributed by atoms with Gasteiger partial charge in [0.2, 0.25) is 5.91 Å². The Balaban J connectivity index is 3.14. The Kier molecular flexibility index (Phi) is 5.08. The highest BCUT2D eigenvalue weighted by Gasteiger charge is 2.30. The Hall–Kier alpha value is -1.23. The molecule has 0 aliphatic rings. The summed E-state index contributed by atoms with van der Waals surface area (Å²) in [6.07, 6.45) is 0. The van der Waals surface area contributed by atoms with E-state index in [1.54, 1.807) is 13.8 Å². The van der Waals surface area contributed by atoms with Crippen LogP contribution < -0.4 is 10.5 Å². The third-order valence-corrected chi connectivity index (χ3v) is 5.62. The second-order valence-electron chi connectivity index (χ2n) is 4.23. The molecule has 0 saturated heterocycles. The number of hydrogen-bond donors (Lipinski definition) is 2. The molecule has 1 aromatic rings. The van der Waals surface area contributed by atoms with Crippen LogP contribution in [-0.2, 0) is 14.8 Å². The fraction of sp³-hybridized carbons (Fsp3) is 0.444. The topological polar surface area (TPSA) is 132 Å². The summed E-state index contributed by atoms with van der Waals surface area (Å²) in [5.74, 6) is -1.20. The maximum Gasteiger partial charge on any atom is 0.300 e. The molecule has 0 aliphatic carbocycles. The maximum atomic E-state index is 12.0. The van der Waals surface area contributed by atoms with Crippen LogP contribution in [0, 0.1) is 16.0 Å². The number of nitrogens with one attached hydrogen (secondary N) is 1. The standard InChI is InChI=1S/C9H12ClN3O5S2/c1-4(2)7(9(11)14)12-20(17,18)6-3-5(13(15)16)8(10)19-6/h3-4,7,12H,1-2H3,(H2,11,14). The SMILES string of the molecule is CC(C)C(NS(=O)(=O)c1cc([N+](=O)[O-])c(Cl)s1)C(N)=O. The molecule has 0 fully saturated rings. The van der Waals surface area contributed by atoms with Gasteiger partial charge in [0.1, 0.15) is 10.3 Å². The number of sulfonamides is 1. The normalized spacial score (nSPS) is 13.4. The average molecular weight is 342 g/mol. The molecule has 11 heteroatoms. The zero-order valence-electron chi connectivity index (χ0n) is 10.5. The zero-order chi connectivity index (χ0) is 15.7. The number of amides is 1. The number of primary amides is 1. The molecule has 1 aromatic heterocycles. The lowest BCUT2D eigenvalue weighted by Crippen LogP contribution is -2.47. The van der Waals surface area contributed by atoms with Crippen LogP contribution in [-0.4, -0.2) is 25.3 Å². The molecule has 112 valence electrons. The molecule has 1 rings (SSSR count). The van der Waals surface area contributed by atoms with Crippen LogP contribution in [0.3, 0.4) is 0 Å². The lowest BCUT2D eigenvalue weighted by molar-refractivity contribution is -0.384. The van der Waals surface area contributed by atoms with Crippen LogP contribution >= 0.6 is 22.9 Å². The zero-order valence-corrected chi connectivity index (χ0v) is 12.9. The predicted molar refractivity (Wildman–Crippen MR) is 74.1 cm³/mol. The van der Waals surface area contributed by atoms with Crippen LogP contribution in [0.25, 0.3) is 0 Å². The van der Waals surface area contributed by atoms with Crippen molar-refractivity contribution in [1.29, 1.82) is 0 Å². The number of carbonyl (C=O) groups excluding carboxylic acids is 1. The van der Waals surface area contributed by atoms with E-state index in [1.807, 2.05) is 0 Å². The van der Waals surface area contributed by atoms with E-state index in [9.17, 15) is 23.3 Å². The molecule has 0 radical (unpaired) electrons. The lowest BCUT2D eigenvalue weighted by Gasteiger charge is -2.18. The summed E-state index contributed by atoms with van der Waals surface area (Å²) in [5, 5.41) is 10.6. The van der Waals surface area contributed by atoms with Crippen LogP contribution in [0.4, 0.5) is 5.69 Å². The first kappa shape index (κ1) is 16.8. The number of nitrogens with two attached hydrogens (primary N) is 1. The summed E-state index contributed by atoms with van der Waals surface area (Å²) in [5.41, 5.74) is 4.61. The van der Waals surface area contributed by atoms with E-state index in [0.29, 0.717) is 11.3 Å². The first-order valence-electron chi connectivity index (χ1n) is 5.31. The van der Waals surface area contributed by atoms with Gasteiger partial charge in [0, 0.05) is 6.07 Å². The van der Waals surface area contributed by atoms with Gasteiger partial charge in [0.15, 0.2) is 4.34 Å². The number of thiophene rings is 1. The summed E-state index contributed by atoms with van der Waals surface area (Å²) in [6, 6.07) is -0.270. The summed E-state index contributed by atoms with van der Waals surface area (Å²) >= 11 is 6.14. The Labute approximate surface area is 124 Å². The van der Waals surface area contributed by atoms with E-state index in [-0.39, 0.29) is 14.5 Å². The molecule has 0 saturated carbocycles.